The van der Waals surface area contributed by atoms with Crippen LogP contribution in [0, 0.1) is 0 Å². The zero-order valence-corrected chi connectivity index (χ0v) is 9.42. The maximum atomic E-state index is 9.19. The summed E-state index contributed by atoms with van der Waals surface area (Å²) in [6, 6.07) is 1.23. The first-order valence-electron chi connectivity index (χ1n) is 6.12. The molecule has 2 fully saturated rings. The smallest absolute Gasteiger partial charge is 0.158 e. The molecule has 3 rings (SSSR count). The van der Waals surface area contributed by atoms with Crippen LogP contribution in [0.3, 0.4) is 0 Å². The minimum absolute atomic E-state index is 0.00905. The van der Waals surface area contributed by atoms with E-state index >= 15 is 0 Å². The molecule has 0 radical (unpaired) electrons. The standard InChI is InChI=1S/C11H18N4O/c16-7-11-13-12-8-15(11)10-3-5-14-4-1-2-9(14)6-10/h8-10,16H,1-7H2. The van der Waals surface area contributed by atoms with E-state index in [0.29, 0.717) is 11.9 Å². The lowest BCUT2D eigenvalue weighted by molar-refractivity contribution is 0.150. The Balaban J connectivity index is 1.76. The molecule has 2 saturated heterocycles. The second kappa shape index (κ2) is 4.14. The minimum Gasteiger partial charge on any atom is -0.388 e. The quantitative estimate of drug-likeness (QED) is 0.795. The van der Waals surface area contributed by atoms with E-state index in [1.165, 1.54) is 32.4 Å². The van der Waals surface area contributed by atoms with Crippen LogP contribution in [0.1, 0.15) is 37.5 Å². The molecule has 0 saturated carbocycles. The number of nitrogens with zero attached hydrogens (tertiary/aromatic N) is 4. The van der Waals surface area contributed by atoms with Crippen LogP contribution >= 0.6 is 0 Å². The molecule has 0 spiro atoms. The first kappa shape index (κ1) is 10.2. The largest absolute Gasteiger partial charge is 0.388 e. The van der Waals surface area contributed by atoms with Gasteiger partial charge in [-0.2, -0.15) is 0 Å². The summed E-state index contributed by atoms with van der Waals surface area (Å²) in [5.41, 5.74) is 0. The molecule has 2 aliphatic heterocycles. The summed E-state index contributed by atoms with van der Waals surface area (Å²) in [5, 5.41) is 17.0. The summed E-state index contributed by atoms with van der Waals surface area (Å²) < 4.78 is 2.07. The van der Waals surface area contributed by atoms with Gasteiger partial charge in [-0.1, -0.05) is 0 Å². The van der Waals surface area contributed by atoms with Gasteiger partial charge in [-0.05, 0) is 32.2 Å². The average Bonchev–Trinajstić information content (AvgIpc) is 2.96. The van der Waals surface area contributed by atoms with Gasteiger partial charge in [-0.15, -0.1) is 10.2 Å². The van der Waals surface area contributed by atoms with Crippen LogP contribution in [-0.2, 0) is 6.61 Å². The SMILES string of the molecule is OCc1nncn1C1CCN2CCCC2C1. The molecule has 0 aromatic carbocycles. The summed E-state index contributed by atoms with van der Waals surface area (Å²) >= 11 is 0. The van der Waals surface area contributed by atoms with Gasteiger partial charge >= 0.3 is 0 Å². The van der Waals surface area contributed by atoms with Crippen LogP contribution in [0.2, 0.25) is 0 Å². The fraction of sp³-hybridized carbons (Fsp3) is 0.818. The van der Waals surface area contributed by atoms with E-state index in [-0.39, 0.29) is 6.61 Å². The Kier molecular flexibility index (Phi) is 2.65. The molecule has 16 heavy (non-hydrogen) atoms. The lowest BCUT2D eigenvalue weighted by atomic mass is 9.97. The highest BCUT2D eigenvalue weighted by atomic mass is 16.3. The molecule has 1 aromatic rings. The Morgan fingerprint density at radius 1 is 1.31 bits per heavy atom. The van der Waals surface area contributed by atoms with Gasteiger partial charge in [0.05, 0.1) is 0 Å². The summed E-state index contributed by atoms with van der Waals surface area (Å²) in [5.74, 6) is 0.705. The second-order valence-corrected chi connectivity index (χ2v) is 4.82. The summed E-state index contributed by atoms with van der Waals surface area (Å²) in [4.78, 5) is 2.60. The van der Waals surface area contributed by atoms with Crippen molar-refractivity contribution >= 4 is 0 Å². The molecule has 3 heterocycles. The highest BCUT2D eigenvalue weighted by Gasteiger charge is 2.32. The number of fused-ring (bicyclic) bond motifs is 1. The van der Waals surface area contributed by atoms with Crippen LogP contribution in [0.5, 0.6) is 0 Å². The predicted molar refractivity (Wildman–Crippen MR) is 58.8 cm³/mol. The molecule has 0 amide bonds. The highest BCUT2D eigenvalue weighted by Crippen LogP contribution is 2.33. The number of rotatable bonds is 2. The van der Waals surface area contributed by atoms with Gasteiger partial charge in [0.2, 0.25) is 0 Å². The average molecular weight is 222 g/mol. The topological polar surface area (TPSA) is 54.2 Å². The van der Waals surface area contributed by atoms with E-state index < -0.39 is 0 Å². The van der Waals surface area contributed by atoms with Crippen molar-refractivity contribution in [3.63, 3.8) is 0 Å². The molecule has 0 bridgehead atoms. The van der Waals surface area contributed by atoms with Crippen molar-refractivity contribution in [2.45, 2.75) is 44.4 Å². The summed E-state index contributed by atoms with van der Waals surface area (Å²) in [6.07, 6.45) is 6.77. The van der Waals surface area contributed by atoms with Crippen molar-refractivity contribution in [3.05, 3.63) is 12.2 Å². The third-order valence-corrected chi connectivity index (χ3v) is 3.97. The number of aromatic nitrogens is 3. The molecule has 1 aromatic heterocycles. The van der Waals surface area contributed by atoms with E-state index in [1.54, 1.807) is 6.33 Å². The first-order valence-corrected chi connectivity index (χ1v) is 6.12. The van der Waals surface area contributed by atoms with E-state index in [1.807, 2.05) is 0 Å². The van der Waals surface area contributed by atoms with Crippen molar-refractivity contribution in [3.8, 4) is 0 Å². The predicted octanol–water partition coefficient (Wildman–Crippen LogP) is 0.570. The van der Waals surface area contributed by atoms with Crippen LogP contribution in [0.4, 0.5) is 0 Å². The zero-order valence-electron chi connectivity index (χ0n) is 9.42. The number of aliphatic hydroxyl groups is 1. The maximum absolute atomic E-state index is 9.19. The molecular weight excluding hydrogens is 204 g/mol. The summed E-state index contributed by atoms with van der Waals surface area (Å²) in [6.45, 7) is 2.44. The highest BCUT2D eigenvalue weighted by molar-refractivity contribution is 4.94. The van der Waals surface area contributed by atoms with Crippen LogP contribution in [-0.4, -0.2) is 43.9 Å². The lowest BCUT2D eigenvalue weighted by Gasteiger charge is -2.35. The van der Waals surface area contributed by atoms with E-state index in [0.717, 1.165) is 12.5 Å². The number of aliphatic hydroxyl groups excluding tert-OH is 1. The fourth-order valence-electron chi connectivity index (χ4n) is 3.14. The van der Waals surface area contributed by atoms with Gasteiger partial charge in [0.25, 0.3) is 0 Å². The van der Waals surface area contributed by atoms with Crippen molar-refractivity contribution in [1.29, 1.82) is 0 Å². The molecule has 0 aliphatic carbocycles. The Bertz CT molecular complexity index is 365. The monoisotopic (exact) mass is 222 g/mol. The number of hydrogen-bond donors (Lipinski definition) is 1. The van der Waals surface area contributed by atoms with E-state index in [4.69, 9.17) is 0 Å². The first-order chi connectivity index (χ1) is 7.88. The normalized spacial score (nSPS) is 30.6. The van der Waals surface area contributed by atoms with Crippen LogP contribution in [0.15, 0.2) is 6.33 Å². The zero-order chi connectivity index (χ0) is 11.0. The fourth-order valence-corrected chi connectivity index (χ4v) is 3.14. The Morgan fingerprint density at radius 3 is 3.12 bits per heavy atom. The molecule has 5 nitrogen and oxygen atoms in total. The van der Waals surface area contributed by atoms with Gasteiger partial charge in [-0.25, -0.2) is 0 Å². The number of hydrogen-bond acceptors (Lipinski definition) is 4. The van der Waals surface area contributed by atoms with Gasteiger partial charge in [0.1, 0.15) is 12.9 Å². The van der Waals surface area contributed by atoms with Gasteiger partial charge in [-0.3, -0.25) is 0 Å². The van der Waals surface area contributed by atoms with E-state index in [2.05, 4.69) is 19.7 Å². The van der Waals surface area contributed by atoms with Crippen molar-refractivity contribution < 1.29 is 5.11 Å². The second-order valence-electron chi connectivity index (χ2n) is 4.82. The van der Waals surface area contributed by atoms with Crippen LogP contribution < -0.4 is 0 Å². The molecular formula is C11H18N4O. The van der Waals surface area contributed by atoms with E-state index in [9.17, 15) is 5.11 Å². The molecule has 5 heteroatoms. The van der Waals surface area contributed by atoms with Crippen molar-refractivity contribution in [2.24, 2.45) is 0 Å². The minimum atomic E-state index is -0.00905. The van der Waals surface area contributed by atoms with Crippen molar-refractivity contribution in [1.82, 2.24) is 19.7 Å². The number of piperidine rings is 1. The Morgan fingerprint density at radius 2 is 2.25 bits per heavy atom. The molecule has 2 unspecified atom stereocenters. The lowest BCUT2D eigenvalue weighted by Crippen LogP contribution is -2.38. The van der Waals surface area contributed by atoms with Gasteiger partial charge in [0, 0.05) is 18.6 Å². The Hall–Kier alpha value is -0.940. The molecule has 1 N–H and O–H groups in total. The molecule has 2 atom stereocenters. The van der Waals surface area contributed by atoms with Gasteiger partial charge < -0.3 is 14.6 Å². The van der Waals surface area contributed by atoms with Crippen molar-refractivity contribution in [2.75, 3.05) is 13.1 Å². The van der Waals surface area contributed by atoms with Crippen LogP contribution in [0.25, 0.3) is 0 Å². The summed E-state index contributed by atoms with van der Waals surface area (Å²) in [7, 11) is 0. The third kappa shape index (κ3) is 1.64. The maximum Gasteiger partial charge on any atom is 0.158 e. The van der Waals surface area contributed by atoms with Gasteiger partial charge in [0.15, 0.2) is 5.82 Å². The Labute approximate surface area is 95.1 Å². The molecule has 2 aliphatic rings. The third-order valence-electron chi connectivity index (χ3n) is 3.97. The molecule has 88 valence electrons.